The van der Waals surface area contributed by atoms with Gasteiger partial charge in [-0.25, -0.2) is 0 Å². The zero-order chi connectivity index (χ0) is 11.7. The van der Waals surface area contributed by atoms with Gasteiger partial charge in [-0.05, 0) is 9.91 Å². The highest BCUT2D eigenvalue weighted by Crippen LogP contribution is 2.12. The second-order valence-electron chi connectivity index (χ2n) is 4.01. The Hall–Kier alpha value is -1.47. The lowest BCUT2D eigenvalue weighted by atomic mass is 10.3. The Morgan fingerprint density at radius 3 is 2.81 bits per heavy atom. The van der Waals surface area contributed by atoms with Gasteiger partial charge < -0.3 is 19.8 Å². The average molecular weight is 226 g/mol. The molecular formula is C9H14N4O3. The molecule has 1 aromatic heterocycles. The van der Waals surface area contributed by atoms with Crippen LogP contribution in [0.2, 0.25) is 0 Å². The SMILES string of the molecule is Cc1nc([N+](=O)[O-])cn1CC(O)CN1CC1. The summed E-state index contributed by atoms with van der Waals surface area (Å²) in [6.07, 6.45) is 0.857. The smallest absolute Gasteiger partial charge is 0.381 e. The van der Waals surface area contributed by atoms with Gasteiger partial charge in [0.05, 0.1) is 12.6 Å². The molecule has 1 aliphatic rings. The maximum absolute atomic E-state index is 10.5. The minimum absolute atomic E-state index is 0.170. The standard InChI is InChI=1S/C9H14N4O3/c1-7-10-9(13(15)16)6-12(7)5-8(14)4-11-2-3-11/h6,8,14H,2-5H2,1H3. The van der Waals surface area contributed by atoms with E-state index in [1.807, 2.05) is 0 Å². The van der Waals surface area contributed by atoms with Gasteiger partial charge in [-0.2, -0.15) is 0 Å². The summed E-state index contributed by atoms with van der Waals surface area (Å²) in [5, 5.41) is 20.2. The number of hydrogen-bond donors (Lipinski definition) is 1. The molecule has 7 nitrogen and oxygen atoms in total. The van der Waals surface area contributed by atoms with Crippen molar-refractivity contribution in [3.63, 3.8) is 0 Å². The predicted octanol–water partition coefficient (Wildman–Crippen LogP) is -0.224. The molecule has 1 N–H and O–H groups in total. The summed E-state index contributed by atoms with van der Waals surface area (Å²) in [6.45, 7) is 4.71. The average Bonchev–Trinajstić information content (AvgIpc) is 2.91. The lowest BCUT2D eigenvalue weighted by molar-refractivity contribution is -0.389. The molecule has 0 amide bonds. The molecule has 0 aromatic carbocycles. The first-order valence-electron chi connectivity index (χ1n) is 5.15. The molecule has 2 rings (SSSR count). The summed E-state index contributed by atoms with van der Waals surface area (Å²) in [7, 11) is 0. The second-order valence-corrected chi connectivity index (χ2v) is 4.01. The van der Waals surface area contributed by atoms with E-state index in [1.54, 1.807) is 11.5 Å². The van der Waals surface area contributed by atoms with Crippen molar-refractivity contribution in [2.45, 2.75) is 19.6 Å². The van der Waals surface area contributed by atoms with Crippen molar-refractivity contribution in [1.29, 1.82) is 0 Å². The van der Waals surface area contributed by atoms with Crippen LogP contribution in [-0.4, -0.2) is 50.2 Å². The van der Waals surface area contributed by atoms with E-state index in [0.29, 0.717) is 18.9 Å². The Bertz CT molecular complexity index is 399. The summed E-state index contributed by atoms with van der Waals surface area (Å²) in [5.74, 6) is 0.382. The second kappa shape index (κ2) is 4.18. The van der Waals surface area contributed by atoms with Crippen molar-refractivity contribution in [2.75, 3.05) is 19.6 Å². The van der Waals surface area contributed by atoms with Crippen molar-refractivity contribution in [2.24, 2.45) is 0 Å². The number of β-amino-alcohol motifs (C(OH)–C–C–N with tert-alkyl or cyclic N) is 1. The molecule has 0 radical (unpaired) electrons. The van der Waals surface area contributed by atoms with Crippen LogP contribution in [0.4, 0.5) is 5.82 Å². The number of nitrogens with zero attached hydrogens (tertiary/aromatic N) is 4. The third-order valence-electron chi connectivity index (χ3n) is 2.57. The van der Waals surface area contributed by atoms with E-state index in [1.165, 1.54) is 6.20 Å². The third kappa shape index (κ3) is 2.56. The van der Waals surface area contributed by atoms with Crippen molar-refractivity contribution in [3.8, 4) is 0 Å². The van der Waals surface area contributed by atoms with E-state index >= 15 is 0 Å². The molecule has 1 aromatic rings. The first-order valence-corrected chi connectivity index (χ1v) is 5.15. The molecule has 1 aliphatic heterocycles. The molecule has 1 atom stereocenters. The van der Waals surface area contributed by atoms with Crippen LogP contribution in [0, 0.1) is 17.0 Å². The number of aryl methyl sites for hydroxylation is 1. The largest absolute Gasteiger partial charge is 0.390 e. The molecule has 1 unspecified atom stereocenters. The minimum Gasteiger partial charge on any atom is -0.390 e. The van der Waals surface area contributed by atoms with Crippen LogP contribution in [0.5, 0.6) is 0 Å². The first-order chi connectivity index (χ1) is 7.56. The summed E-state index contributed by atoms with van der Waals surface area (Å²) >= 11 is 0. The predicted molar refractivity (Wildman–Crippen MR) is 56.1 cm³/mol. The van der Waals surface area contributed by atoms with Crippen molar-refractivity contribution < 1.29 is 10.0 Å². The van der Waals surface area contributed by atoms with Crippen LogP contribution in [0.15, 0.2) is 6.20 Å². The van der Waals surface area contributed by atoms with Gasteiger partial charge in [-0.15, -0.1) is 0 Å². The molecule has 0 bridgehead atoms. The number of rotatable bonds is 5. The van der Waals surface area contributed by atoms with Crippen molar-refractivity contribution >= 4 is 5.82 Å². The number of hydrogen-bond acceptors (Lipinski definition) is 5. The molecule has 88 valence electrons. The van der Waals surface area contributed by atoms with Gasteiger partial charge in [0.2, 0.25) is 5.82 Å². The van der Waals surface area contributed by atoms with E-state index < -0.39 is 11.0 Å². The minimum atomic E-state index is -0.528. The summed E-state index contributed by atoms with van der Waals surface area (Å²) in [5.41, 5.74) is 0. The maximum Gasteiger partial charge on any atom is 0.381 e. The number of imidazole rings is 1. The zero-order valence-electron chi connectivity index (χ0n) is 9.04. The molecule has 7 heteroatoms. The van der Waals surface area contributed by atoms with E-state index in [0.717, 1.165) is 13.1 Å². The molecule has 0 saturated carbocycles. The van der Waals surface area contributed by atoms with Gasteiger partial charge in [0, 0.05) is 26.6 Å². The summed E-state index contributed by atoms with van der Waals surface area (Å²) < 4.78 is 1.62. The van der Waals surface area contributed by atoms with E-state index in [9.17, 15) is 15.2 Å². The van der Waals surface area contributed by atoms with Crippen molar-refractivity contribution in [1.82, 2.24) is 14.5 Å². The lowest BCUT2D eigenvalue weighted by Gasteiger charge is -2.11. The molecule has 2 heterocycles. The number of aliphatic hydroxyl groups excluding tert-OH is 1. The molecule has 1 saturated heterocycles. The highest BCUT2D eigenvalue weighted by Gasteiger charge is 2.22. The van der Waals surface area contributed by atoms with Gasteiger partial charge in [0.1, 0.15) is 6.20 Å². The fraction of sp³-hybridized carbons (Fsp3) is 0.667. The number of aliphatic hydroxyl groups is 1. The van der Waals surface area contributed by atoms with Crippen LogP contribution in [0.1, 0.15) is 5.82 Å². The van der Waals surface area contributed by atoms with Gasteiger partial charge in [0.15, 0.2) is 0 Å². The fourth-order valence-corrected chi connectivity index (χ4v) is 1.60. The Labute approximate surface area is 92.5 Å². The van der Waals surface area contributed by atoms with Crippen LogP contribution < -0.4 is 0 Å². The molecular weight excluding hydrogens is 212 g/mol. The molecule has 0 spiro atoms. The normalized spacial score (nSPS) is 17.4. The highest BCUT2D eigenvalue weighted by molar-refractivity contribution is 5.16. The van der Waals surface area contributed by atoms with Gasteiger partial charge in [-0.3, -0.25) is 4.90 Å². The molecule has 16 heavy (non-hydrogen) atoms. The maximum atomic E-state index is 10.5. The number of aromatic nitrogens is 2. The van der Waals surface area contributed by atoms with E-state index in [4.69, 9.17) is 0 Å². The van der Waals surface area contributed by atoms with Crippen molar-refractivity contribution in [3.05, 3.63) is 22.1 Å². The molecule has 1 fully saturated rings. The van der Waals surface area contributed by atoms with Crippen LogP contribution in [0.3, 0.4) is 0 Å². The zero-order valence-corrected chi connectivity index (χ0v) is 9.04. The monoisotopic (exact) mass is 226 g/mol. The van der Waals surface area contributed by atoms with Crippen LogP contribution in [0.25, 0.3) is 0 Å². The topological polar surface area (TPSA) is 84.2 Å². The third-order valence-corrected chi connectivity index (χ3v) is 2.57. The number of nitro groups is 1. The Kier molecular flexibility index (Phi) is 2.88. The highest BCUT2D eigenvalue weighted by atomic mass is 16.6. The molecule has 0 aliphatic carbocycles. The Morgan fingerprint density at radius 2 is 2.31 bits per heavy atom. The van der Waals surface area contributed by atoms with E-state index in [2.05, 4.69) is 9.88 Å². The van der Waals surface area contributed by atoms with Gasteiger partial charge in [-0.1, -0.05) is 0 Å². The fourth-order valence-electron chi connectivity index (χ4n) is 1.60. The van der Waals surface area contributed by atoms with E-state index in [-0.39, 0.29) is 5.82 Å². The Morgan fingerprint density at radius 1 is 1.62 bits per heavy atom. The first kappa shape index (κ1) is 11.0. The Balaban J connectivity index is 1.99. The van der Waals surface area contributed by atoms with Crippen LogP contribution in [-0.2, 0) is 6.54 Å². The lowest BCUT2D eigenvalue weighted by Crippen LogP contribution is -2.24. The van der Waals surface area contributed by atoms with Gasteiger partial charge >= 0.3 is 5.82 Å². The quantitative estimate of drug-likeness (QED) is 0.426. The van der Waals surface area contributed by atoms with Crippen LogP contribution >= 0.6 is 0 Å². The summed E-state index contributed by atoms with van der Waals surface area (Å²) in [6, 6.07) is 0. The summed E-state index contributed by atoms with van der Waals surface area (Å²) in [4.78, 5) is 15.9. The van der Waals surface area contributed by atoms with Gasteiger partial charge in [0.25, 0.3) is 0 Å².